The van der Waals surface area contributed by atoms with Gasteiger partial charge in [-0.2, -0.15) is 0 Å². The van der Waals surface area contributed by atoms with Crippen LogP contribution in [-0.4, -0.2) is 41.0 Å². The van der Waals surface area contributed by atoms with E-state index in [0.29, 0.717) is 13.0 Å². The van der Waals surface area contributed by atoms with Crippen molar-refractivity contribution in [3.05, 3.63) is 29.8 Å². The topological polar surface area (TPSA) is 69.6 Å². The van der Waals surface area contributed by atoms with Crippen molar-refractivity contribution in [3.8, 4) is 0 Å². The van der Waals surface area contributed by atoms with Gasteiger partial charge in [0.25, 0.3) is 0 Å². The molecule has 0 aromatic heterocycles. The number of carbonyl (C=O) groups excluding carboxylic acids is 1. The van der Waals surface area contributed by atoms with Crippen molar-refractivity contribution in [3.63, 3.8) is 0 Å². The predicted octanol–water partition coefficient (Wildman–Crippen LogP) is 1.73. The summed E-state index contributed by atoms with van der Waals surface area (Å²) >= 11 is 0. The van der Waals surface area contributed by atoms with Gasteiger partial charge >= 0.3 is 5.97 Å². The highest BCUT2D eigenvalue weighted by atomic mass is 16.4. The zero-order valence-corrected chi connectivity index (χ0v) is 11.8. The molecule has 0 bridgehead atoms. The lowest BCUT2D eigenvalue weighted by atomic mass is 10.0. The number of hydrogen-bond acceptors (Lipinski definition) is 3. The normalized spacial score (nSPS) is 22.7. The first kappa shape index (κ1) is 14.5. The lowest BCUT2D eigenvalue weighted by molar-refractivity contribution is -0.142. The first-order valence-corrected chi connectivity index (χ1v) is 6.81. The molecule has 5 heteroatoms. The number of aliphatic carboxylic acids is 1. The Labute approximate surface area is 118 Å². The van der Waals surface area contributed by atoms with Crippen molar-refractivity contribution in [2.75, 3.05) is 18.4 Å². The summed E-state index contributed by atoms with van der Waals surface area (Å²) in [7, 11) is 0. The molecule has 5 nitrogen and oxygen atoms in total. The number of benzene rings is 1. The summed E-state index contributed by atoms with van der Waals surface area (Å²) in [5, 5.41) is 11.9. The van der Waals surface area contributed by atoms with Crippen LogP contribution in [0.2, 0.25) is 0 Å². The predicted molar refractivity (Wildman–Crippen MR) is 76.6 cm³/mol. The number of rotatable bonds is 4. The third-order valence-electron chi connectivity index (χ3n) is 3.85. The standard InChI is InChI=1S/C15H20N2O3/c1-10-4-3-5-12(8-10)16-14(18)9-17-7-6-13(11(17)2)15(19)20/h3-5,8,11,13H,6-7,9H2,1-2H3,(H,16,18)(H,19,20). The van der Waals surface area contributed by atoms with Gasteiger partial charge in [0.1, 0.15) is 0 Å². The molecule has 0 saturated carbocycles. The second-order valence-electron chi connectivity index (χ2n) is 5.36. The van der Waals surface area contributed by atoms with Gasteiger partial charge < -0.3 is 10.4 Å². The van der Waals surface area contributed by atoms with Crippen LogP contribution in [-0.2, 0) is 9.59 Å². The number of likely N-dealkylation sites (tertiary alicyclic amines) is 1. The van der Waals surface area contributed by atoms with E-state index >= 15 is 0 Å². The van der Waals surface area contributed by atoms with Crippen molar-refractivity contribution in [2.24, 2.45) is 5.92 Å². The summed E-state index contributed by atoms with van der Waals surface area (Å²) in [5.74, 6) is -1.26. The van der Waals surface area contributed by atoms with Crippen LogP contribution in [0, 0.1) is 12.8 Å². The molecule has 108 valence electrons. The highest BCUT2D eigenvalue weighted by Gasteiger charge is 2.36. The fraction of sp³-hybridized carbons (Fsp3) is 0.467. The van der Waals surface area contributed by atoms with Gasteiger partial charge in [-0.05, 0) is 44.5 Å². The van der Waals surface area contributed by atoms with Crippen LogP contribution < -0.4 is 5.32 Å². The van der Waals surface area contributed by atoms with Crippen molar-refractivity contribution in [1.82, 2.24) is 4.90 Å². The van der Waals surface area contributed by atoms with Gasteiger partial charge in [-0.1, -0.05) is 12.1 Å². The molecule has 20 heavy (non-hydrogen) atoms. The minimum absolute atomic E-state index is 0.101. The number of nitrogens with one attached hydrogen (secondary N) is 1. The molecule has 1 amide bonds. The Morgan fingerprint density at radius 1 is 1.45 bits per heavy atom. The second kappa shape index (κ2) is 6.05. The van der Waals surface area contributed by atoms with Gasteiger partial charge in [0.05, 0.1) is 12.5 Å². The summed E-state index contributed by atoms with van der Waals surface area (Å²) < 4.78 is 0. The minimum atomic E-state index is -0.779. The average molecular weight is 276 g/mol. The molecule has 1 aliphatic heterocycles. The molecule has 1 aromatic rings. The Morgan fingerprint density at radius 2 is 2.20 bits per heavy atom. The van der Waals surface area contributed by atoms with Crippen molar-refractivity contribution >= 4 is 17.6 Å². The lowest BCUT2D eigenvalue weighted by Gasteiger charge is -2.22. The number of hydrogen-bond donors (Lipinski definition) is 2. The molecule has 0 aliphatic carbocycles. The fourth-order valence-corrected chi connectivity index (χ4v) is 2.66. The zero-order chi connectivity index (χ0) is 14.7. The number of amides is 1. The van der Waals surface area contributed by atoms with Crippen LogP contribution in [0.25, 0.3) is 0 Å². The van der Waals surface area contributed by atoms with E-state index in [-0.39, 0.29) is 24.4 Å². The van der Waals surface area contributed by atoms with Crippen molar-refractivity contribution in [1.29, 1.82) is 0 Å². The highest BCUT2D eigenvalue weighted by Crippen LogP contribution is 2.24. The monoisotopic (exact) mass is 276 g/mol. The smallest absolute Gasteiger partial charge is 0.308 e. The zero-order valence-electron chi connectivity index (χ0n) is 11.8. The molecule has 2 N–H and O–H groups in total. The van der Waals surface area contributed by atoms with Crippen LogP contribution in [0.4, 0.5) is 5.69 Å². The van der Waals surface area contributed by atoms with E-state index in [1.54, 1.807) is 0 Å². The number of carbonyl (C=O) groups is 2. The highest BCUT2D eigenvalue weighted by molar-refractivity contribution is 5.92. The van der Waals surface area contributed by atoms with Crippen LogP contribution in [0.5, 0.6) is 0 Å². The Kier molecular flexibility index (Phi) is 4.39. The minimum Gasteiger partial charge on any atom is -0.481 e. The summed E-state index contributed by atoms with van der Waals surface area (Å²) in [4.78, 5) is 25.0. The van der Waals surface area contributed by atoms with Crippen molar-refractivity contribution < 1.29 is 14.7 Å². The number of aryl methyl sites for hydroxylation is 1. The maximum atomic E-state index is 12.0. The number of carboxylic acids is 1. The number of nitrogens with zero attached hydrogens (tertiary/aromatic N) is 1. The molecule has 2 atom stereocenters. The molecular formula is C15H20N2O3. The van der Waals surface area contributed by atoms with Gasteiger partial charge in [0, 0.05) is 11.7 Å². The maximum Gasteiger partial charge on any atom is 0.308 e. The van der Waals surface area contributed by atoms with Gasteiger partial charge in [0.15, 0.2) is 0 Å². The molecule has 1 aliphatic rings. The lowest BCUT2D eigenvalue weighted by Crippen LogP contribution is -2.38. The van der Waals surface area contributed by atoms with E-state index in [0.717, 1.165) is 11.3 Å². The second-order valence-corrected chi connectivity index (χ2v) is 5.36. The molecule has 1 saturated heterocycles. The summed E-state index contributed by atoms with van der Waals surface area (Å²) in [6.07, 6.45) is 0.605. The third-order valence-corrected chi connectivity index (χ3v) is 3.85. The molecule has 2 rings (SSSR count). The van der Waals surface area contributed by atoms with Gasteiger partial charge in [0.2, 0.25) is 5.91 Å². The average Bonchev–Trinajstić information content (AvgIpc) is 2.71. The van der Waals surface area contributed by atoms with E-state index in [4.69, 9.17) is 5.11 Å². The van der Waals surface area contributed by atoms with E-state index < -0.39 is 5.97 Å². The molecule has 0 spiro atoms. The fourth-order valence-electron chi connectivity index (χ4n) is 2.66. The molecular weight excluding hydrogens is 256 g/mol. The van der Waals surface area contributed by atoms with Gasteiger partial charge in [-0.15, -0.1) is 0 Å². The quantitative estimate of drug-likeness (QED) is 0.878. The first-order chi connectivity index (χ1) is 9.47. The molecule has 1 aromatic carbocycles. The Hall–Kier alpha value is -1.88. The summed E-state index contributed by atoms with van der Waals surface area (Å²) in [6.45, 7) is 4.72. The van der Waals surface area contributed by atoms with E-state index in [9.17, 15) is 9.59 Å². The van der Waals surface area contributed by atoms with E-state index in [2.05, 4.69) is 5.32 Å². The van der Waals surface area contributed by atoms with E-state index in [1.165, 1.54) is 0 Å². The van der Waals surface area contributed by atoms with Gasteiger partial charge in [-0.3, -0.25) is 14.5 Å². The third kappa shape index (κ3) is 3.36. The molecule has 2 unspecified atom stereocenters. The molecule has 1 fully saturated rings. The number of anilines is 1. The van der Waals surface area contributed by atoms with Crippen molar-refractivity contribution in [2.45, 2.75) is 26.3 Å². The molecule has 1 heterocycles. The van der Waals surface area contributed by atoms with Gasteiger partial charge in [-0.25, -0.2) is 0 Å². The summed E-state index contributed by atoms with van der Waals surface area (Å²) in [5.41, 5.74) is 1.86. The van der Waals surface area contributed by atoms with Crippen LogP contribution in [0.1, 0.15) is 18.9 Å². The first-order valence-electron chi connectivity index (χ1n) is 6.81. The van der Waals surface area contributed by atoms with Crippen LogP contribution in [0.15, 0.2) is 24.3 Å². The van der Waals surface area contributed by atoms with Crippen LogP contribution in [0.3, 0.4) is 0 Å². The molecule has 0 radical (unpaired) electrons. The summed E-state index contributed by atoms with van der Waals surface area (Å²) in [6, 6.07) is 7.51. The Bertz CT molecular complexity index is 516. The Balaban J connectivity index is 1.91. The van der Waals surface area contributed by atoms with Crippen LogP contribution >= 0.6 is 0 Å². The largest absolute Gasteiger partial charge is 0.481 e. The van der Waals surface area contributed by atoms with E-state index in [1.807, 2.05) is 43.0 Å². The number of carboxylic acid groups (broad SMARTS) is 1. The Morgan fingerprint density at radius 3 is 2.80 bits per heavy atom. The SMILES string of the molecule is Cc1cccc(NC(=O)CN2CCC(C(=O)O)C2C)c1. The maximum absolute atomic E-state index is 12.0.